The molecule has 0 bridgehead atoms. The van der Waals surface area contributed by atoms with Crippen molar-refractivity contribution in [1.29, 1.82) is 0 Å². The van der Waals surface area contributed by atoms with E-state index in [1.165, 1.54) is 6.42 Å². The molecule has 0 aliphatic rings. The van der Waals surface area contributed by atoms with Gasteiger partial charge in [-0.2, -0.15) is 0 Å². The van der Waals surface area contributed by atoms with Crippen LogP contribution >= 0.6 is 12.9 Å². The van der Waals surface area contributed by atoms with E-state index in [4.69, 9.17) is 8.92 Å². The van der Waals surface area contributed by atoms with Crippen LogP contribution in [-0.2, 0) is 8.92 Å². The van der Waals surface area contributed by atoms with Gasteiger partial charge in [0.25, 0.3) is 0 Å². The summed E-state index contributed by atoms with van der Waals surface area (Å²) in [5.74, 6) is 0. The molecule has 0 radical (unpaired) electrons. The Morgan fingerprint density at radius 2 is 1.73 bits per heavy atom. The highest BCUT2D eigenvalue weighted by Gasteiger charge is 1.98. The average Bonchev–Trinajstić information content (AvgIpc) is 2.17. The summed E-state index contributed by atoms with van der Waals surface area (Å²) in [4.78, 5) is 2.32. The van der Waals surface area contributed by atoms with Gasteiger partial charge >= 0.3 is 0 Å². The van der Waals surface area contributed by atoms with Crippen LogP contribution in [0.4, 0.5) is 0 Å². The summed E-state index contributed by atoms with van der Waals surface area (Å²) in [6, 6.07) is 0. The second-order valence-electron chi connectivity index (χ2n) is 4.12. The van der Waals surface area contributed by atoms with Gasteiger partial charge in [-0.05, 0) is 59.6 Å². The first kappa shape index (κ1) is 15.2. The topological polar surface area (TPSA) is 21.7 Å². The molecule has 92 valence electrons. The van der Waals surface area contributed by atoms with Gasteiger partial charge in [0, 0.05) is 13.2 Å². The molecule has 0 aromatic carbocycles. The molecule has 3 nitrogen and oxygen atoms in total. The molecule has 0 aromatic rings. The number of ether oxygens (including phenoxy) is 1. The third kappa shape index (κ3) is 12.2. The van der Waals surface area contributed by atoms with Crippen LogP contribution < -0.4 is 0 Å². The van der Waals surface area contributed by atoms with Gasteiger partial charge in [-0.1, -0.05) is 0 Å². The van der Waals surface area contributed by atoms with Crippen molar-refractivity contribution in [2.24, 2.45) is 0 Å². The van der Waals surface area contributed by atoms with Gasteiger partial charge in [0.1, 0.15) is 0 Å². The molecule has 0 fully saturated rings. The Bertz CT molecular complexity index is 134. The van der Waals surface area contributed by atoms with E-state index in [0.717, 1.165) is 39.1 Å². The summed E-state index contributed by atoms with van der Waals surface area (Å²) in [5.41, 5.74) is 0. The van der Waals surface area contributed by atoms with Crippen molar-refractivity contribution < 1.29 is 8.92 Å². The highest BCUT2D eigenvalue weighted by Crippen LogP contribution is 1.97. The smallest absolute Gasteiger partial charge is 0.0622 e. The van der Waals surface area contributed by atoms with Crippen molar-refractivity contribution in [2.75, 3.05) is 33.4 Å². The van der Waals surface area contributed by atoms with E-state index in [1.54, 1.807) is 0 Å². The van der Waals surface area contributed by atoms with Crippen LogP contribution in [0.25, 0.3) is 0 Å². The Morgan fingerprint density at radius 1 is 1.07 bits per heavy atom. The summed E-state index contributed by atoms with van der Waals surface area (Å²) >= 11 is 3.71. The monoisotopic (exact) mass is 235 g/mol. The molecule has 0 atom stereocenters. The van der Waals surface area contributed by atoms with Gasteiger partial charge < -0.3 is 13.8 Å². The van der Waals surface area contributed by atoms with Crippen molar-refractivity contribution in [3.05, 3.63) is 0 Å². The number of thiol groups is 1. The molecule has 0 amide bonds. The Hall–Kier alpha value is 0.230. The fraction of sp³-hybridized carbons (Fsp3) is 1.00. The lowest BCUT2D eigenvalue weighted by molar-refractivity contribution is 0.0746. The fourth-order valence-electron chi connectivity index (χ4n) is 1.31. The Labute approximate surface area is 99.7 Å². The zero-order valence-electron chi connectivity index (χ0n) is 10.2. The Kier molecular flexibility index (Phi) is 10.9. The van der Waals surface area contributed by atoms with Crippen molar-refractivity contribution in [1.82, 2.24) is 4.90 Å². The van der Waals surface area contributed by atoms with E-state index < -0.39 is 0 Å². The Morgan fingerprint density at radius 3 is 2.33 bits per heavy atom. The lowest BCUT2D eigenvalue weighted by atomic mass is 10.3. The minimum atomic E-state index is 0.357. The third-order valence-corrected chi connectivity index (χ3v) is 2.34. The summed E-state index contributed by atoms with van der Waals surface area (Å²) in [5, 5.41) is 0. The fourth-order valence-corrected chi connectivity index (χ4v) is 1.44. The van der Waals surface area contributed by atoms with E-state index >= 15 is 0 Å². The molecule has 0 aliphatic carbocycles. The van der Waals surface area contributed by atoms with Crippen LogP contribution in [-0.4, -0.2) is 44.4 Å². The molecule has 0 saturated carbocycles. The maximum Gasteiger partial charge on any atom is 0.0622 e. The van der Waals surface area contributed by atoms with Crippen LogP contribution in [0.5, 0.6) is 0 Å². The number of rotatable bonds is 10. The molecule has 0 unspecified atom stereocenters. The number of nitrogens with zero attached hydrogens (tertiary/aromatic N) is 1. The first-order chi connectivity index (χ1) is 7.16. The first-order valence-electron chi connectivity index (χ1n) is 5.73. The highest BCUT2D eigenvalue weighted by molar-refractivity contribution is 7.75. The second-order valence-corrected chi connectivity index (χ2v) is 4.37. The van der Waals surface area contributed by atoms with Crippen molar-refractivity contribution in [3.63, 3.8) is 0 Å². The maximum atomic E-state index is 5.47. The maximum absolute atomic E-state index is 5.47. The van der Waals surface area contributed by atoms with Crippen LogP contribution in [0.1, 0.15) is 33.1 Å². The molecule has 4 heteroatoms. The van der Waals surface area contributed by atoms with Crippen molar-refractivity contribution in [2.45, 2.75) is 39.2 Å². The molecule has 0 heterocycles. The lowest BCUT2D eigenvalue weighted by Crippen LogP contribution is -2.22. The zero-order valence-corrected chi connectivity index (χ0v) is 11.1. The van der Waals surface area contributed by atoms with Crippen LogP contribution in [0, 0.1) is 0 Å². The van der Waals surface area contributed by atoms with Gasteiger partial charge in [-0.15, -0.1) is 0 Å². The van der Waals surface area contributed by atoms with Gasteiger partial charge in [-0.25, -0.2) is 0 Å². The van der Waals surface area contributed by atoms with Crippen molar-refractivity contribution >= 4 is 12.9 Å². The lowest BCUT2D eigenvalue weighted by Gasteiger charge is -2.16. The van der Waals surface area contributed by atoms with Crippen molar-refractivity contribution in [3.8, 4) is 0 Å². The van der Waals surface area contributed by atoms with Gasteiger partial charge in [0.2, 0.25) is 0 Å². The van der Waals surface area contributed by atoms with Gasteiger partial charge in [0.15, 0.2) is 0 Å². The average molecular weight is 235 g/mol. The number of hydrogen-bond acceptors (Lipinski definition) is 4. The van der Waals surface area contributed by atoms with Crippen LogP contribution in [0.15, 0.2) is 0 Å². The normalized spacial score (nSPS) is 11.6. The van der Waals surface area contributed by atoms with E-state index in [-0.39, 0.29) is 0 Å². The first-order valence-corrected chi connectivity index (χ1v) is 6.10. The van der Waals surface area contributed by atoms with Crippen LogP contribution in [0.3, 0.4) is 0 Å². The molecule has 0 spiro atoms. The zero-order chi connectivity index (χ0) is 11.5. The molecule has 0 aromatic heterocycles. The predicted molar refractivity (Wildman–Crippen MR) is 67.4 cm³/mol. The van der Waals surface area contributed by atoms with Gasteiger partial charge in [-0.3, -0.25) is 0 Å². The summed E-state index contributed by atoms with van der Waals surface area (Å²) in [6.07, 6.45) is 3.74. The molecule has 15 heavy (non-hydrogen) atoms. The molecular formula is C11H25NO2S. The summed E-state index contributed by atoms with van der Waals surface area (Å²) < 4.78 is 10.2. The summed E-state index contributed by atoms with van der Waals surface area (Å²) in [6.45, 7) is 7.96. The number of hydrogen-bond donors (Lipinski definition) is 1. The minimum absolute atomic E-state index is 0.357. The highest BCUT2D eigenvalue weighted by atomic mass is 32.1. The molecule has 0 rings (SSSR count). The predicted octanol–water partition coefficient (Wildman–Crippen LogP) is 2.37. The largest absolute Gasteiger partial charge is 0.379 e. The second kappa shape index (κ2) is 10.7. The summed E-state index contributed by atoms with van der Waals surface area (Å²) in [7, 11) is 2.14. The quantitative estimate of drug-likeness (QED) is 0.357. The molecular weight excluding hydrogens is 210 g/mol. The molecule has 0 saturated heterocycles. The van der Waals surface area contributed by atoms with E-state index in [9.17, 15) is 0 Å². The van der Waals surface area contributed by atoms with Crippen LogP contribution in [0.2, 0.25) is 0 Å². The number of unbranched alkanes of at least 4 members (excludes halogenated alkanes) is 1. The van der Waals surface area contributed by atoms with E-state index in [0.29, 0.717) is 6.10 Å². The van der Waals surface area contributed by atoms with E-state index in [1.807, 2.05) is 0 Å². The Balaban J connectivity index is 3.13. The minimum Gasteiger partial charge on any atom is -0.379 e. The molecule has 0 aliphatic heterocycles. The third-order valence-electron chi connectivity index (χ3n) is 2.16. The SMILES string of the molecule is CC(C)OCCCCN(C)CCCOS. The molecule has 0 N–H and O–H groups in total. The standard InChI is InChI=1S/C11H25NO2S/c1-11(2)13-9-5-4-7-12(3)8-6-10-14-15/h11,15H,4-10H2,1-3H3. The van der Waals surface area contributed by atoms with E-state index in [2.05, 4.69) is 38.7 Å². The van der Waals surface area contributed by atoms with Gasteiger partial charge in [0.05, 0.1) is 12.7 Å².